The summed E-state index contributed by atoms with van der Waals surface area (Å²) in [5.41, 5.74) is 1.65. The zero-order valence-corrected chi connectivity index (χ0v) is 14.9. The number of benzene rings is 1. The topological polar surface area (TPSA) is 23.6 Å². The van der Waals surface area contributed by atoms with Gasteiger partial charge in [-0.15, -0.1) is 0 Å². The van der Waals surface area contributed by atoms with Crippen molar-refractivity contribution in [2.75, 3.05) is 32.7 Å². The molecule has 1 aromatic carbocycles. The van der Waals surface area contributed by atoms with E-state index >= 15 is 0 Å². The number of piperidine rings is 2. The minimum atomic E-state index is 0.324. The van der Waals surface area contributed by atoms with Crippen LogP contribution in [0.2, 0.25) is 0 Å². The maximum Gasteiger partial charge on any atom is 0.222 e. The van der Waals surface area contributed by atoms with Crippen LogP contribution in [-0.4, -0.2) is 48.4 Å². The molecule has 3 heteroatoms. The molecule has 24 heavy (non-hydrogen) atoms. The van der Waals surface area contributed by atoms with E-state index in [1.165, 1.54) is 24.9 Å². The molecule has 3 nitrogen and oxygen atoms in total. The van der Waals surface area contributed by atoms with E-state index < -0.39 is 0 Å². The van der Waals surface area contributed by atoms with Gasteiger partial charge in [0.15, 0.2) is 0 Å². The third-order valence-corrected chi connectivity index (χ3v) is 5.60. The average Bonchev–Trinajstić information content (AvgIpc) is 2.62. The van der Waals surface area contributed by atoms with Gasteiger partial charge in [-0.2, -0.15) is 0 Å². The molecule has 0 bridgehead atoms. The summed E-state index contributed by atoms with van der Waals surface area (Å²) in [5, 5.41) is 0. The van der Waals surface area contributed by atoms with Gasteiger partial charge >= 0.3 is 0 Å². The van der Waals surface area contributed by atoms with E-state index in [1.807, 2.05) is 6.07 Å². The fourth-order valence-corrected chi connectivity index (χ4v) is 4.27. The highest BCUT2D eigenvalue weighted by Gasteiger charge is 2.41. The average molecular weight is 326 g/mol. The van der Waals surface area contributed by atoms with Crippen LogP contribution < -0.4 is 0 Å². The molecular formula is C21H30N2O. The maximum absolute atomic E-state index is 12.4. The number of hydrogen-bond acceptors (Lipinski definition) is 2. The van der Waals surface area contributed by atoms with Gasteiger partial charge in [-0.05, 0) is 44.7 Å². The largest absolute Gasteiger partial charge is 0.342 e. The van der Waals surface area contributed by atoms with Crippen molar-refractivity contribution < 1.29 is 4.79 Å². The molecule has 0 saturated carbocycles. The van der Waals surface area contributed by atoms with Crippen LogP contribution in [0.3, 0.4) is 0 Å². The highest BCUT2D eigenvalue weighted by molar-refractivity contribution is 5.77. The molecule has 0 aromatic heterocycles. The lowest BCUT2D eigenvalue weighted by atomic mass is 9.73. The van der Waals surface area contributed by atoms with Crippen LogP contribution in [0.25, 0.3) is 0 Å². The van der Waals surface area contributed by atoms with Crippen LogP contribution in [0, 0.1) is 5.41 Å². The summed E-state index contributed by atoms with van der Waals surface area (Å²) in [6, 6.07) is 10.5. The molecule has 2 fully saturated rings. The third-order valence-electron chi connectivity index (χ3n) is 5.60. The van der Waals surface area contributed by atoms with Gasteiger partial charge < -0.3 is 4.90 Å². The van der Waals surface area contributed by atoms with Crippen LogP contribution in [0.15, 0.2) is 42.5 Å². The number of carbonyl (C=O) groups is 1. The Balaban J connectivity index is 1.60. The lowest BCUT2D eigenvalue weighted by Crippen LogP contribution is -2.54. The molecule has 0 N–H and O–H groups in total. The van der Waals surface area contributed by atoms with Gasteiger partial charge in [-0.3, -0.25) is 9.69 Å². The van der Waals surface area contributed by atoms with E-state index in [-0.39, 0.29) is 0 Å². The SMILES string of the molecule is C/C=C/CN1CCC[C@]2(CCC(=O)N(CCc3ccccc3)C2)C1. The van der Waals surface area contributed by atoms with Gasteiger partial charge in [-0.25, -0.2) is 0 Å². The quantitative estimate of drug-likeness (QED) is 0.773. The Morgan fingerprint density at radius 2 is 2.00 bits per heavy atom. The second-order valence-corrected chi connectivity index (χ2v) is 7.46. The second-order valence-electron chi connectivity index (χ2n) is 7.46. The number of nitrogens with zero attached hydrogens (tertiary/aromatic N) is 2. The highest BCUT2D eigenvalue weighted by atomic mass is 16.2. The second kappa shape index (κ2) is 7.98. The molecular weight excluding hydrogens is 296 g/mol. The first-order valence-corrected chi connectivity index (χ1v) is 9.36. The fraction of sp³-hybridized carbons (Fsp3) is 0.571. The lowest BCUT2D eigenvalue weighted by Gasteiger charge is -2.48. The number of likely N-dealkylation sites (tertiary alicyclic amines) is 2. The zero-order valence-electron chi connectivity index (χ0n) is 14.9. The Hall–Kier alpha value is -1.61. The first-order valence-electron chi connectivity index (χ1n) is 9.36. The summed E-state index contributed by atoms with van der Waals surface area (Å²) >= 11 is 0. The molecule has 0 radical (unpaired) electrons. The molecule has 2 heterocycles. The van der Waals surface area contributed by atoms with E-state index in [4.69, 9.17) is 0 Å². The van der Waals surface area contributed by atoms with Crippen molar-refractivity contribution in [3.8, 4) is 0 Å². The predicted molar refractivity (Wildman–Crippen MR) is 98.9 cm³/mol. The Morgan fingerprint density at radius 3 is 2.79 bits per heavy atom. The van der Waals surface area contributed by atoms with Gasteiger partial charge in [0.1, 0.15) is 0 Å². The smallest absolute Gasteiger partial charge is 0.222 e. The number of hydrogen-bond donors (Lipinski definition) is 0. The Bertz CT molecular complexity index is 568. The number of amides is 1. The van der Waals surface area contributed by atoms with Crippen LogP contribution in [0.4, 0.5) is 0 Å². The summed E-state index contributed by atoms with van der Waals surface area (Å²) in [7, 11) is 0. The molecule has 1 amide bonds. The van der Waals surface area contributed by atoms with E-state index in [1.54, 1.807) is 0 Å². The van der Waals surface area contributed by atoms with Gasteiger partial charge in [0.25, 0.3) is 0 Å². The van der Waals surface area contributed by atoms with Crippen molar-refractivity contribution in [1.82, 2.24) is 9.80 Å². The minimum Gasteiger partial charge on any atom is -0.342 e. The molecule has 3 rings (SSSR count). The van der Waals surface area contributed by atoms with E-state index in [0.29, 0.717) is 11.3 Å². The molecule has 2 aliphatic rings. The first kappa shape index (κ1) is 17.2. The van der Waals surface area contributed by atoms with Crippen molar-refractivity contribution >= 4 is 5.91 Å². The van der Waals surface area contributed by atoms with Crippen LogP contribution >= 0.6 is 0 Å². The lowest BCUT2D eigenvalue weighted by molar-refractivity contribution is -0.139. The highest BCUT2D eigenvalue weighted by Crippen LogP contribution is 2.38. The third kappa shape index (κ3) is 4.27. The number of rotatable bonds is 5. The van der Waals surface area contributed by atoms with E-state index in [0.717, 1.165) is 45.4 Å². The summed E-state index contributed by atoms with van der Waals surface area (Å²) < 4.78 is 0. The van der Waals surface area contributed by atoms with Gasteiger partial charge in [-0.1, -0.05) is 42.5 Å². The normalized spacial score (nSPS) is 25.7. The summed E-state index contributed by atoms with van der Waals surface area (Å²) in [4.78, 5) is 17.1. The van der Waals surface area contributed by atoms with Crippen LogP contribution in [-0.2, 0) is 11.2 Å². The van der Waals surface area contributed by atoms with Crippen LogP contribution in [0.1, 0.15) is 38.2 Å². The Labute approximate surface area is 146 Å². The van der Waals surface area contributed by atoms with Crippen molar-refractivity contribution in [3.63, 3.8) is 0 Å². The van der Waals surface area contributed by atoms with Gasteiger partial charge in [0.05, 0.1) is 0 Å². The molecule has 130 valence electrons. The predicted octanol–water partition coefficient (Wildman–Crippen LogP) is 3.51. The van der Waals surface area contributed by atoms with Crippen molar-refractivity contribution in [1.29, 1.82) is 0 Å². The summed E-state index contributed by atoms with van der Waals surface area (Å²) in [6.45, 7) is 7.29. The monoisotopic (exact) mass is 326 g/mol. The molecule has 0 unspecified atom stereocenters. The zero-order chi connectivity index (χ0) is 16.8. The summed E-state index contributed by atoms with van der Waals surface area (Å²) in [5.74, 6) is 0.349. The number of allylic oxidation sites excluding steroid dienone is 1. The molecule has 1 spiro atoms. The Morgan fingerprint density at radius 1 is 1.17 bits per heavy atom. The summed E-state index contributed by atoms with van der Waals surface area (Å²) in [6.07, 6.45) is 9.68. The van der Waals surface area contributed by atoms with Crippen molar-refractivity contribution in [3.05, 3.63) is 48.0 Å². The fourth-order valence-electron chi connectivity index (χ4n) is 4.27. The van der Waals surface area contributed by atoms with Crippen LogP contribution in [0.5, 0.6) is 0 Å². The molecule has 1 atom stereocenters. The van der Waals surface area contributed by atoms with Crippen molar-refractivity contribution in [2.45, 2.75) is 39.0 Å². The van der Waals surface area contributed by atoms with Crippen molar-refractivity contribution in [2.24, 2.45) is 5.41 Å². The first-order chi connectivity index (χ1) is 11.7. The minimum absolute atomic E-state index is 0.324. The molecule has 0 aliphatic carbocycles. The maximum atomic E-state index is 12.4. The van der Waals surface area contributed by atoms with Gasteiger partial charge in [0.2, 0.25) is 5.91 Å². The molecule has 2 saturated heterocycles. The molecule has 1 aromatic rings. The van der Waals surface area contributed by atoms with Gasteiger partial charge in [0, 0.05) is 38.0 Å². The number of carbonyl (C=O) groups excluding carboxylic acids is 1. The standard InChI is InChI=1S/C21H30N2O/c1-2-3-14-22-15-7-12-21(17-22)13-10-20(24)23(18-21)16-11-19-8-5-4-6-9-19/h2-6,8-9H,7,10-18H2,1H3/b3-2+/t21-/m0/s1. The van der Waals surface area contributed by atoms with E-state index in [2.05, 4.69) is 53.1 Å². The van der Waals surface area contributed by atoms with E-state index in [9.17, 15) is 4.79 Å². The Kier molecular flexibility index (Phi) is 5.72. The molecule has 2 aliphatic heterocycles.